The zero-order chi connectivity index (χ0) is 14.1. The molecule has 0 radical (unpaired) electrons. The lowest BCUT2D eigenvalue weighted by molar-refractivity contribution is 0.0626. The topological polar surface area (TPSA) is 15.7 Å². The summed E-state index contributed by atoms with van der Waals surface area (Å²) in [6.07, 6.45) is 1.76. The van der Waals surface area contributed by atoms with E-state index in [1.54, 1.807) is 0 Å². The number of thiophene rings is 1. The fraction of sp³-hybridized carbons (Fsp3) is 0.750. The normalized spacial score (nSPS) is 30.9. The van der Waals surface area contributed by atoms with Crippen LogP contribution in [0.3, 0.4) is 0 Å². The Labute approximate surface area is 126 Å². The lowest BCUT2D eigenvalue weighted by Gasteiger charge is -2.35. The Balaban J connectivity index is 1.55. The van der Waals surface area contributed by atoms with Gasteiger partial charge in [-0.25, -0.2) is 0 Å². The highest BCUT2D eigenvalue weighted by atomic mass is 32.1. The lowest BCUT2D eigenvalue weighted by Crippen LogP contribution is -2.42. The summed E-state index contributed by atoms with van der Waals surface area (Å²) >= 11 is 1.94. The van der Waals surface area contributed by atoms with E-state index in [0.29, 0.717) is 6.10 Å². The van der Waals surface area contributed by atoms with Gasteiger partial charge in [-0.1, -0.05) is 0 Å². The third kappa shape index (κ3) is 3.25. The van der Waals surface area contributed by atoms with Crippen molar-refractivity contribution in [2.24, 2.45) is 11.8 Å². The largest absolute Gasteiger partial charge is 0.376 e. The van der Waals surface area contributed by atoms with Crippen LogP contribution in [0.1, 0.15) is 16.2 Å². The second-order valence-corrected chi connectivity index (χ2v) is 7.97. The van der Waals surface area contributed by atoms with Gasteiger partial charge in [0.15, 0.2) is 0 Å². The van der Waals surface area contributed by atoms with Crippen LogP contribution in [0.4, 0.5) is 0 Å². The Kier molecular flexibility index (Phi) is 4.46. The molecule has 0 aromatic carbocycles. The second kappa shape index (κ2) is 6.14. The van der Waals surface area contributed by atoms with Crippen LogP contribution >= 0.6 is 11.3 Å². The van der Waals surface area contributed by atoms with E-state index in [0.717, 1.165) is 31.5 Å². The molecule has 3 nitrogen and oxygen atoms in total. The van der Waals surface area contributed by atoms with Crippen molar-refractivity contribution < 1.29 is 4.74 Å². The van der Waals surface area contributed by atoms with Gasteiger partial charge in [0.05, 0.1) is 12.7 Å². The highest BCUT2D eigenvalue weighted by Crippen LogP contribution is 2.35. The minimum absolute atomic E-state index is 0.459. The van der Waals surface area contributed by atoms with Crippen LogP contribution in [0.5, 0.6) is 0 Å². The number of fused-ring (bicyclic) bond motifs is 1. The SMILES string of the molecule is Cc1ccc(CN2CC[C@H]3[C@H](CO[C@H]3CN(C)C)C2)s1. The van der Waals surface area contributed by atoms with Crippen LogP contribution < -0.4 is 0 Å². The van der Waals surface area contributed by atoms with Gasteiger partial charge >= 0.3 is 0 Å². The summed E-state index contributed by atoms with van der Waals surface area (Å²) in [5, 5.41) is 0. The standard InChI is InChI=1S/C16H26N2OS/c1-12-4-5-14(20-12)9-18-7-6-15-13(8-18)11-19-16(15)10-17(2)3/h4-5,13,15-16H,6-11H2,1-3H3/t13-,15-,16-/m0/s1. The molecule has 0 N–H and O–H groups in total. The first-order chi connectivity index (χ1) is 9.61. The number of nitrogens with zero attached hydrogens (tertiary/aromatic N) is 2. The van der Waals surface area contributed by atoms with Crippen LogP contribution in [0.15, 0.2) is 12.1 Å². The molecule has 2 aliphatic rings. The van der Waals surface area contributed by atoms with Gasteiger partial charge in [0.25, 0.3) is 0 Å². The molecular weight excluding hydrogens is 268 g/mol. The summed E-state index contributed by atoms with van der Waals surface area (Å²) in [7, 11) is 4.29. The number of hydrogen-bond acceptors (Lipinski definition) is 4. The number of likely N-dealkylation sites (tertiary alicyclic amines) is 1. The zero-order valence-corrected chi connectivity index (χ0v) is 13.7. The van der Waals surface area contributed by atoms with Gasteiger partial charge in [-0.3, -0.25) is 4.90 Å². The quantitative estimate of drug-likeness (QED) is 0.848. The van der Waals surface area contributed by atoms with Gasteiger partial charge in [-0.05, 0) is 52.0 Å². The van der Waals surface area contributed by atoms with E-state index in [9.17, 15) is 0 Å². The monoisotopic (exact) mass is 294 g/mol. The average Bonchev–Trinajstić information content (AvgIpc) is 2.96. The lowest BCUT2D eigenvalue weighted by atomic mass is 9.84. The van der Waals surface area contributed by atoms with Gasteiger partial charge in [0.2, 0.25) is 0 Å². The molecule has 0 amide bonds. The molecule has 2 aliphatic heterocycles. The zero-order valence-electron chi connectivity index (χ0n) is 12.8. The van der Waals surface area contributed by atoms with Gasteiger partial charge in [0.1, 0.15) is 0 Å². The van der Waals surface area contributed by atoms with Crippen molar-refractivity contribution in [1.29, 1.82) is 0 Å². The molecule has 3 atom stereocenters. The molecule has 1 aromatic heterocycles. The molecule has 2 fully saturated rings. The molecule has 0 bridgehead atoms. The maximum absolute atomic E-state index is 6.05. The first kappa shape index (κ1) is 14.5. The van der Waals surface area contributed by atoms with Crippen molar-refractivity contribution >= 4 is 11.3 Å². The van der Waals surface area contributed by atoms with Crippen LogP contribution in [-0.2, 0) is 11.3 Å². The fourth-order valence-electron chi connectivity index (χ4n) is 3.64. The molecule has 20 heavy (non-hydrogen) atoms. The number of piperidine rings is 1. The molecule has 3 heterocycles. The molecule has 0 aliphatic carbocycles. The predicted octanol–water partition coefficient (Wildman–Crippen LogP) is 2.46. The molecule has 2 saturated heterocycles. The summed E-state index contributed by atoms with van der Waals surface area (Å²) < 4.78 is 6.05. The van der Waals surface area contributed by atoms with Crippen molar-refractivity contribution in [3.63, 3.8) is 0 Å². The van der Waals surface area contributed by atoms with E-state index >= 15 is 0 Å². The Bertz CT molecular complexity index is 445. The average molecular weight is 294 g/mol. The summed E-state index contributed by atoms with van der Waals surface area (Å²) in [6, 6.07) is 4.52. The van der Waals surface area contributed by atoms with E-state index in [2.05, 4.69) is 43.0 Å². The van der Waals surface area contributed by atoms with Gasteiger partial charge < -0.3 is 9.64 Å². The van der Waals surface area contributed by atoms with Gasteiger partial charge in [0, 0.05) is 35.3 Å². The van der Waals surface area contributed by atoms with Crippen LogP contribution in [0.25, 0.3) is 0 Å². The summed E-state index contributed by atoms with van der Waals surface area (Å²) in [5.41, 5.74) is 0. The summed E-state index contributed by atoms with van der Waals surface area (Å²) in [5.74, 6) is 1.52. The highest BCUT2D eigenvalue weighted by molar-refractivity contribution is 7.11. The summed E-state index contributed by atoms with van der Waals surface area (Å²) in [4.78, 5) is 7.80. The highest BCUT2D eigenvalue weighted by Gasteiger charge is 2.40. The van der Waals surface area contributed by atoms with Crippen LogP contribution in [-0.4, -0.2) is 56.2 Å². The Morgan fingerprint density at radius 3 is 2.95 bits per heavy atom. The van der Waals surface area contributed by atoms with Gasteiger partial charge in [-0.15, -0.1) is 11.3 Å². The van der Waals surface area contributed by atoms with Crippen molar-refractivity contribution in [2.45, 2.75) is 26.0 Å². The van der Waals surface area contributed by atoms with Crippen LogP contribution in [0, 0.1) is 18.8 Å². The maximum Gasteiger partial charge on any atom is 0.0734 e. The summed E-state index contributed by atoms with van der Waals surface area (Å²) in [6.45, 7) is 7.79. The van der Waals surface area contributed by atoms with E-state index in [-0.39, 0.29) is 0 Å². The molecular formula is C16H26N2OS. The number of likely N-dealkylation sites (N-methyl/N-ethyl adjacent to an activating group) is 1. The predicted molar refractivity (Wildman–Crippen MR) is 84.2 cm³/mol. The van der Waals surface area contributed by atoms with Crippen molar-refractivity contribution in [1.82, 2.24) is 9.80 Å². The maximum atomic E-state index is 6.05. The molecule has 0 spiro atoms. The fourth-order valence-corrected chi connectivity index (χ4v) is 4.58. The molecule has 0 unspecified atom stereocenters. The van der Waals surface area contributed by atoms with Crippen molar-refractivity contribution in [3.8, 4) is 0 Å². The second-order valence-electron chi connectivity index (χ2n) is 6.59. The number of aryl methyl sites for hydroxylation is 1. The van der Waals surface area contributed by atoms with Crippen molar-refractivity contribution in [2.75, 3.05) is 40.3 Å². The first-order valence-electron chi connectivity index (χ1n) is 7.66. The van der Waals surface area contributed by atoms with Crippen molar-refractivity contribution in [3.05, 3.63) is 21.9 Å². The Morgan fingerprint density at radius 2 is 2.25 bits per heavy atom. The van der Waals surface area contributed by atoms with E-state index in [1.807, 2.05) is 11.3 Å². The Morgan fingerprint density at radius 1 is 1.40 bits per heavy atom. The minimum atomic E-state index is 0.459. The molecule has 1 aromatic rings. The number of ether oxygens (including phenoxy) is 1. The molecule has 4 heteroatoms. The van der Waals surface area contributed by atoms with E-state index in [4.69, 9.17) is 4.74 Å². The third-order valence-corrected chi connectivity index (χ3v) is 5.58. The Hall–Kier alpha value is -0.420. The van der Waals surface area contributed by atoms with E-state index in [1.165, 1.54) is 29.3 Å². The molecule has 3 rings (SSSR count). The van der Waals surface area contributed by atoms with Crippen LogP contribution in [0.2, 0.25) is 0 Å². The first-order valence-corrected chi connectivity index (χ1v) is 8.47. The molecule has 112 valence electrons. The number of hydrogen-bond donors (Lipinski definition) is 0. The third-order valence-electron chi connectivity index (χ3n) is 4.60. The molecule has 0 saturated carbocycles. The van der Waals surface area contributed by atoms with E-state index < -0.39 is 0 Å². The minimum Gasteiger partial charge on any atom is -0.376 e. The van der Waals surface area contributed by atoms with Gasteiger partial charge in [-0.2, -0.15) is 0 Å². The number of rotatable bonds is 4. The smallest absolute Gasteiger partial charge is 0.0734 e.